The minimum Gasteiger partial charge on any atom is -0.701 e. The topological polar surface area (TPSA) is 23.8 Å². The Morgan fingerprint density at radius 2 is 1.07 bits per heavy atom. The fraction of sp³-hybridized carbons (Fsp3) is 0.727. The van der Waals surface area contributed by atoms with Crippen LogP contribution in [0.3, 0.4) is 0 Å². The normalized spacial score (nSPS) is 9.21. The number of rotatable bonds is 1. The van der Waals surface area contributed by atoms with Gasteiger partial charge in [0.15, 0.2) is 0 Å². The molecule has 3 heteroatoms. The minimum absolute atomic E-state index is 0. The predicted molar refractivity (Wildman–Crippen MR) is 59.6 cm³/mol. The van der Waals surface area contributed by atoms with Crippen molar-refractivity contribution in [3.05, 3.63) is 25.5 Å². The van der Waals surface area contributed by atoms with E-state index in [1.165, 1.54) is 0 Å². The van der Waals surface area contributed by atoms with E-state index in [-0.39, 0.29) is 69.9 Å². The van der Waals surface area contributed by atoms with Crippen LogP contribution in [0.2, 0.25) is 0 Å². The van der Waals surface area contributed by atoms with E-state index in [2.05, 4.69) is 6.92 Å². The van der Waals surface area contributed by atoms with Gasteiger partial charge in [-0.15, -0.1) is 0 Å². The van der Waals surface area contributed by atoms with E-state index < -0.39 is 0 Å². The first-order chi connectivity index (χ1) is 5.47. The molecule has 1 unspecified atom stereocenters. The third-order valence-corrected chi connectivity index (χ3v) is 0.805. The predicted octanol–water partition coefficient (Wildman–Crippen LogP) is 4.36. The Balaban J connectivity index is -0.0000000297. The van der Waals surface area contributed by atoms with Crippen molar-refractivity contribution in [3.63, 3.8) is 0 Å². The molecule has 0 saturated heterocycles. The van der Waals surface area contributed by atoms with Crippen LogP contribution in [0, 0.1) is 56.8 Å². The van der Waals surface area contributed by atoms with Gasteiger partial charge in [0.25, 0.3) is 0 Å². The Bertz CT molecular complexity index is 51.2. The maximum Gasteiger partial charge on any atom is 2.00 e. The minimum atomic E-state index is -0.148. The van der Waals surface area contributed by atoms with Crippen LogP contribution in [0.1, 0.15) is 41.5 Å². The number of hydrogen-bond donors (Lipinski definition) is 0. The van der Waals surface area contributed by atoms with Crippen molar-refractivity contribution in [2.75, 3.05) is 0 Å². The van der Waals surface area contributed by atoms with Gasteiger partial charge in [-0.2, -0.15) is 27.7 Å². The summed E-state index contributed by atoms with van der Waals surface area (Å²) in [5.74, 6) is 0.407. The van der Waals surface area contributed by atoms with E-state index in [0.29, 0.717) is 5.92 Å². The fourth-order valence-corrected chi connectivity index (χ4v) is 0. The van der Waals surface area contributed by atoms with Gasteiger partial charge in [0.2, 0.25) is 0 Å². The zero-order valence-corrected chi connectivity index (χ0v) is 17.6. The Hall–Kier alpha value is 2.12. The second-order valence-corrected chi connectivity index (χ2v) is 3.01. The van der Waals surface area contributed by atoms with Gasteiger partial charge in [0, 0.05) is 32.7 Å². The van der Waals surface area contributed by atoms with Gasteiger partial charge in [-0.3, -0.25) is 6.04 Å². The van der Waals surface area contributed by atoms with Crippen LogP contribution >= 0.6 is 0 Å². The van der Waals surface area contributed by atoms with Gasteiger partial charge in [-0.25, -0.2) is 0 Å². The standard InChI is InChI=1S/C5H11N.2C3H7.U.Y/c1-4(2)5(3)6;2*1-3-2;;/h4-6H,3H2,1-2H3;2*3H,1-2H3;;/q-2;2*-1;+2;. The van der Waals surface area contributed by atoms with E-state index >= 15 is 0 Å². The summed E-state index contributed by atoms with van der Waals surface area (Å²) in [6.45, 7) is 15.5. The molecule has 0 aliphatic heterocycles. The number of nitrogens with one attached hydrogen (secondary N) is 1. The first-order valence-electron chi connectivity index (χ1n) is 4.49. The van der Waals surface area contributed by atoms with Crippen molar-refractivity contribution in [3.8, 4) is 0 Å². The molecule has 0 fully saturated rings. The Morgan fingerprint density at radius 1 is 1.00 bits per heavy atom. The molecule has 83 valence electrons. The SMILES string of the molecule is C[CH-]C.C[CH-]C.[CH2-]C([NH-])C(C)C.[U+2].[Y]. The van der Waals surface area contributed by atoms with Crippen LogP contribution in [0.5, 0.6) is 0 Å². The monoisotopic (exact) mass is 498 g/mol. The Labute approximate surface area is 141 Å². The zero-order valence-electron chi connectivity index (χ0n) is 10.6. The molecule has 1 N–H and O–H groups in total. The summed E-state index contributed by atoms with van der Waals surface area (Å²) < 4.78 is 0. The summed E-state index contributed by atoms with van der Waals surface area (Å²) in [5.41, 5.74) is 6.92. The molecule has 0 spiro atoms. The maximum absolute atomic E-state index is 6.92. The van der Waals surface area contributed by atoms with Crippen LogP contribution < -0.4 is 0 Å². The van der Waals surface area contributed by atoms with Crippen LogP contribution in [0.15, 0.2) is 0 Å². The van der Waals surface area contributed by atoms with Crippen molar-refractivity contribution < 1.29 is 63.8 Å². The summed E-state index contributed by atoms with van der Waals surface area (Å²) in [5, 5.41) is 0. The largest absolute Gasteiger partial charge is 2.00 e. The molecule has 0 bridgehead atoms. The molecule has 0 aromatic heterocycles. The van der Waals surface area contributed by atoms with Crippen molar-refractivity contribution in [2.24, 2.45) is 5.92 Å². The molecule has 1 radical (unpaired) electrons. The molecule has 0 aliphatic rings. The summed E-state index contributed by atoms with van der Waals surface area (Å²) in [6.07, 6.45) is 4.00. The summed E-state index contributed by atoms with van der Waals surface area (Å²) in [6, 6.07) is -0.148. The van der Waals surface area contributed by atoms with Crippen LogP contribution in [0.25, 0.3) is 5.73 Å². The molecule has 1 nitrogen and oxygen atoms in total. The van der Waals surface area contributed by atoms with E-state index in [9.17, 15) is 0 Å². The molecule has 14 heavy (non-hydrogen) atoms. The Kier molecular flexibility index (Phi) is 62.7. The third kappa shape index (κ3) is 64.9. The average Bonchev–Trinajstić information content (AvgIpc) is 1.90. The molecule has 1 atom stereocenters. The fourth-order valence-electron chi connectivity index (χ4n) is 0. The van der Waals surface area contributed by atoms with Gasteiger partial charge in [0.1, 0.15) is 0 Å². The van der Waals surface area contributed by atoms with Crippen molar-refractivity contribution >= 4 is 0 Å². The molecule has 0 aromatic carbocycles. The second-order valence-electron chi connectivity index (χ2n) is 3.01. The molecule has 0 rings (SSSR count). The van der Waals surface area contributed by atoms with Gasteiger partial charge in [-0.1, -0.05) is 19.8 Å². The average molecular weight is 498 g/mol. The van der Waals surface area contributed by atoms with Crippen molar-refractivity contribution in [1.82, 2.24) is 0 Å². The molecular weight excluding hydrogens is 473 g/mol. The van der Waals surface area contributed by atoms with E-state index in [1.54, 1.807) is 0 Å². The maximum atomic E-state index is 6.92. The van der Waals surface area contributed by atoms with E-state index in [1.807, 2.05) is 54.4 Å². The molecule has 0 aromatic rings. The molecule has 0 heterocycles. The molecule has 0 aliphatic carbocycles. The van der Waals surface area contributed by atoms with Crippen LogP contribution in [-0.2, 0) is 32.7 Å². The summed E-state index contributed by atoms with van der Waals surface area (Å²) in [4.78, 5) is 0. The molecular formula is C11H25NUY-2. The third-order valence-electron chi connectivity index (χ3n) is 0.805. The zero-order chi connectivity index (χ0) is 10.6. The van der Waals surface area contributed by atoms with E-state index in [0.717, 1.165) is 0 Å². The Morgan fingerprint density at radius 3 is 1.07 bits per heavy atom. The summed E-state index contributed by atoms with van der Waals surface area (Å²) >= 11 is 0. The first-order valence-corrected chi connectivity index (χ1v) is 4.49. The first kappa shape index (κ1) is 29.8. The smallest absolute Gasteiger partial charge is 0.701 e. The van der Waals surface area contributed by atoms with E-state index in [4.69, 9.17) is 5.73 Å². The van der Waals surface area contributed by atoms with Crippen molar-refractivity contribution in [2.45, 2.75) is 47.6 Å². The molecule has 0 saturated carbocycles. The van der Waals surface area contributed by atoms with Crippen LogP contribution in [0.4, 0.5) is 0 Å². The van der Waals surface area contributed by atoms with Gasteiger partial charge in [-0.05, 0) is 0 Å². The van der Waals surface area contributed by atoms with Gasteiger partial charge < -0.3 is 25.5 Å². The second kappa shape index (κ2) is 29.4. The number of hydrogen-bond acceptors (Lipinski definition) is 0. The van der Waals surface area contributed by atoms with Gasteiger partial charge >= 0.3 is 31.1 Å². The summed E-state index contributed by atoms with van der Waals surface area (Å²) in [7, 11) is 0. The van der Waals surface area contributed by atoms with Gasteiger partial charge in [0.05, 0.1) is 0 Å². The molecule has 0 amide bonds. The van der Waals surface area contributed by atoms with Crippen LogP contribution in [-0.4, -0.2) is 6.04 Å². The van der Waals surface area contributed by atoms with Crippen molar-refractivity contribution in [1.29, 1.82) is 0 Å². The quantitative estimate of drug-likeness (QED) is 0.481.